The third kappa shape index (κ3) is 7.65. The smallest absolute Gasteiger partial charge is 0.411 e. The van der Waals surface area contributed by atoms with Crippen LogP contribution in [0.25, 0.3) is 17.3 Å². The Morgan fingerprint density at radius 3 is 2.47 bits per heavy atom. The van der Waals surface area contributed by atoms with E-state index in [1.165, 1.54) is 17.5 Å². The Bertz CT molecular complexity index is 1350. The van der Waals surface area contributed by atoms with Gasteiger partial charge in [0.1, 0.15) is 24.1 Å². The molecule has 202 valence electrons. The normalized spacial score (nSPS) is 12.0. The maximum absolute atomic E-state index is 15.0. The lowest BCUT2D eigenvalue weighted by atomic mass is 10.0. The molecule has 3 rings (SSSR count). The number of thiazole rings is 1. The number of carboxylic acid groups (broad SMARTS) is 1. The quantitative estimate of drug-likeness (QED) is 0.169. The Labute approximate surface area is 216 Å². The number of rotatable bonds is 10. The molecule has 6 nitrogen and oxygen atoms in total. The number of aryl methyl sites for hydroxylation is 1. The summed E-state index contributed by atoms with van der Waals surface area (Å²) in [6, 6.07) is 5.97. The highest BCUT2D eigenvalue weighted by atomic mass is 32.1. The number of hydrogen-bond acceptors (Lipinski definition) is 5. The van der Waals surface area contributed by atoms with Gasteiger partial charge in [-0.15, -0.1) is 11.3 Å². The van der Waals surface area contributed by atoms with Gasteiger partial charge in [0.25, 0.3) is 5.91 Å². The van der Waals surface area contributed by atoms with Gasteiger partial charge in [-0.1, -0.05) is 12.1 Å². The number of aromatic nitrogens is 1. The van der Waals surface area contributed by atoms with Crippen LogP contribution in [-0.4, -0.2) is 41.4 Å². The van der Waals surface area contributed by atoms with Crippen molar-refractivity contribution in [3.8, 4) is 11.3 Å². The van der Waals surface area contributed by atoms with Gasteiger partial charge in [0.05, 0.1) is 5.69 Å². The minimum absolute atomic E-state index is 0.0156. The number of halogens is 6. The van der Waals surface area contributed by atoms with Crippen LogP contribution in [0.2, 0.25) is 0 Å². The second-order valence-electron chi connectivity index (χ2n) is 8.03. The Kier molecular flexibility index (Phi) is 9.28. The topological polar surface area (TPSA) is 88.5 Å². The number of carbonyl (C=O) groups is 2. The molecule has 0 saturated heterocycles. The summed E-state index contributed by atoms with van der Waals surface area (Å²) in [6.07, 6.45) is -3.35. The number of aliphatic carboxylic acids is 1. The van der Waals surface area contributed by atoms with Crippen LogP contribution < -0.4 is 5.32 Å². The molecular formula is C25H20F6N2O4S. The van der Waals surface area contributed by atoms with E-state index in [1.54, 1.807) is 6.07 Å². The minimum Gasteiger partial charge on any atom is -0.478 e. The van der Waals surface area contributed by atoms with Crippen LogP contribution in [0.5, 0.6) is 0 Å². The van der Waals surface area contributed by atoms with E-state index >= 15 is 0 Å². The molecular weight excluding hydrogens is 538 g/mol. The average molecular weight is 559 g/mol. The van der Waals surface area contributed by atoms with Gasteiger partial charge in [0.2, 0.25) is 0 Å². The lowest BCUT2D eigenvalue weighted by molar-refractivity contribution is -0.174. The summed E-state index contributed by atoms with van der Waals surface area (Å²) in [4.78, 5) is 27.6. The number of carboxylic acids is 1. The molecule has 0 aliphatic heterocycles. The molecule has 0 saturated carbocycles. The van der Waals surface area contributed by atoms with Crippen molar-refractivity contribution in [2.75, 3.05) is 18.5 Å². The molecule has 2 aromatic carbocycles. The highest BCUT2D eigenvalue weighted by Crippen LogP contribution is 2.29. The van der Waals surface area contributed by atoms with Crippen molar-refractivity contribution in [2.24, 2.45) is 0 Å². The van der Waals surface area contributed by atoms with Crippen LogP contribution in [-0.2, 0) is 16.0 Å². The van der Waals surface area contributed by atoms with E-state index in [9.17, 15) is 35.9 Å². The molecule has 1 aromatic heterocycles. The third-order valence-electron chi connectivity index (χ3n) is 5.12. The van der Waals surface area contributed by atoms with E-state index in [0.29, 0.717) is 0 Å². The highest BCUT2D eigenvalue weighted by molar-refractivity contribution is 7.14. The number of carbonyl (C=O) groups excluding carboxylic acids is 1. The standard InChI is InChI=1S/C25H20F6N2O4S/c1-13(23(35)36)8-17-18(26)9-15(10-19(17)27)22(34)33-24-32-20(11-38-24)16-6-2-4-14(21(16)28)5-3-7-37-12-25(29,30)31/h2,4,6,8-11H,3,5,7,12H2,1H3,(H,35,36)(H,32,33,34)/b13-8+. The zero-order chi connectivity index (χ0) is 28.0. The molecule has 38 heavy (non-hydrogen) atoms. The molecule has 0 bridgehead atoms. The number of ether oxygens (including phenoxy) is 1. The zero-order valence-electron chi connectivity index (χ0n) is 19.7. The molecule has 0 aliphatic rings. The number of alkyl halides is 3. The van der Waals surface area contributed by atoms with Crippen LogP contribution in [0, 0.1) is 17.5 Å². The van der Waals surface area contributed by atoms with Crippen molar-refractivity contribution in [3.63, 3.8) is 0 Å². The molecule has 0 atom stereocenters. The number of nitrogens with one attached hydrogen (secondary N) is 1. The molecule has 3 aromatic rings. The SMILES string of the molecule is C/C(=C\c1c(F)cc(C(=O)Nc2nc(-c3cccc(CCCOCC(F)(F)F)c3F)cs2)cc1F)C(=O)O. The minimum atomic E-state index is -4.44. The Morgan fingerprint density at radius 2 is 1.84 bits per heavy atom. The van der Waals surface area contributed by atoms with Crippen LogP contribution >= 0.6 is 11.3 Å². The Hall–Kier alpha value is -3.71. The lowest BCUT2D eigenvalue weighted by Gasteiger charge is -2.09. The first kappa shape index (κ1) is 28.9. The van der Waals surface area contributed by atoms with Gasteiger partial charge < -0.3 is 9.84 Å². The highest BCUT2D eigenvalue weighted by Gasteiger charge is 2.27. The number of nitrogens with zero attached hydrogens (tertiary/aromatic N) is 1. The van der Waals surface area contributed by atoms with E-state index in [-0.39, 0.29) is 52.5 Å². The van der Waals surface area contributed by atoms with Crippen molar-refractivity contribution in [3.05, 3.63) is 75.4 Å². The molecule has 0 aliphatic carbocycles. The summed E-state index contributed by atoms with van der Waals surface area (Å²) in [5.74, 6) is -5.17. The van der Waals surface area contributed by atoms with Crippen LogP contribution in [0.4, 0.5) is 31.5 Å². The van der Waals surface area contributed by atoms with Gasteiger partial charge in [-0.3, -0.25) is 10.1 Å². The molecule has 0 unspecified atom stereocenters. The van der Waals surface area contributed by atoms with Crippen molar-refractivity contribution >= 4 is 34.4 Å². The predicted octanol–water partition coefficient (Wildman–Crippen LogP) is 6.48. The summed E-state index contributed by atoms with van der Waals surface area (Å²) in [7, 11) is 0. The second kappa shape index (κ2) is 12.2. The fourth-order valence-electron chi connectivity index (χ4n) is 3.28. The maximum atomic E-state index is 15.0. The molecule has 2 N–H and O–H groups in total. The number of benzene rings is 2. The van der Waals surface area contributed by atoms with Gasteiger partial charge in [-0.25, -0.2) is 22.9 Å². The number of hydrogen-bond donors (Lipinski definition) is 2. The van der Waals surface area contributed by atoms with Gasteiger partial charge in [0.15, 0.2) is 5.13 Å². The molecule has 13 heteroatoms. The summed E-state index contributed by atoms with van der Waals surface area (Å²) in [6.45, 7) is -0.422. The first-order valence-corrected chi connectivity index (χ1v) is 11.8. The molecule has 0 radical (unpaired) electrons. The van der Waals surface area contributed by atoms with E-state index < -0.39 is 47.7 Å². The Morgan fingerprint density at radius 1 is 1.16 bits per heavy atom. The second-order valence-corrected chi connectivity index (χ2v) is 8.89. The Balaban J connectivity index is 1.69. The third-order valence-corrected chi connectivity index (χ3v) is 5.88. The number of amides is 1. The van der Waals surface area contributed by atoms with Crippen LogP contribution in [0.15, 0.2) is 41.3 Å². The summed E-state index contributed by atoms with van der Waals surface area (Å²) >= 11 is 0.933. The largest absolute Gasteiger partial charge is 0.478 e. The molecule has 0 spiro atoms. The zero-order valence-corrected chi connectivity index (χ0v) is 20.5. The van der Waals surface area contributed by atoms with Crippen molar-refractivity contribution < 1.29 is 45.8 Å². The van der Waals surface area contributed by atoms with Gasteiger partial charge in [-0.05, 0) is 49.6 Å². The van der Waals surface area contributed by atoms with E-state index in [1.807, 2.05) is 0 Å². The van der Waals surface area contributed by atoms with Gasteiger partial charge in [0, 0.05) is 34.3 Å². The first-order valence-electron chi connectivity index (χ1n) is 11.0. The van der Waals surface area contributed by atoms with E-state index in [2.05, 4.69) is 15.0 Å². The van der Waals surface area contributed by atoms with Crippen molar-refractivity contribution in [1.82, 2.24) is 4.98 Å². The predicted molar refractivity (Wildman–Crippen MR) is 128 cm³/mol. The summed E-state index contributed by atoms with van der Waals surface area (Å²) < 4.78 is 84.6. The van der Waals surface area contributed by atoms with Crippen molar-refractivity contribution in [1.29, 1.82) is 0 Å². The fourth-order valence-corrected chi connectivity index (χ4v) is 3.98. The number of anilines is 1. The first-order chi connectivity index (χ1) is 17.9. The van der Waals surface area contributed by atoms with Gasteiger partial charge >= 0.3 is 12.1 Å². The van der Waals surface area contributed by atoms with Crippen molar-refractivity contribution in [2.45, 2.75) is 25.9 Å². The summed E-state index contributed by atoms with van der Waals surface area (Å²) in [5, 5.41) is 12.7. The maximum Gasteiger partial charge on any atom is 0.411 e. The fraction of sp³-hybridized carbons (Fsp3) is 0.240. The van der Waals surface area contributed by atoms with Gasteiger partial charge in [-0.2, -0.15) is 13.2 Å². The molecule has 1 heterocycles. The molecule has 1 amide bonds. The van der Waals surface area contributed by atoms with Crippen LogP contribution in [0.1, 0.15) is 34.8 Å². The average Bonchev–Trinajstić information content (AvgIpc) is 3.29. The molecule has 0 fully saturated rings. The van der Waals surface area contributed by atoms with E-state index in [4.69, 9.17) is 5.11 Å². The monoisotopic (exact) mass is 558 g/mol. The summed E-state index contributed by atoms with van der Waals surface area (Å²) in [5.41, 5.74) is -0.795. The lowest BCUT2D eigenvalue weighted by Crippen LogP contribution is -2.17. The van der Waals surface area contributed by atoms with E-state index in [0.717, 1.165) is 36.5 Å². The van der Waals surface area contributed by atoms with Crippen LogP contribution in [0.3, 0.4) is 0 Å².